The van der Waals surface area contributed by atoms with Crippen LogP contribution in [0.1, 0.15) is 74.7 Å². The Hall–Kier alpha value is -5.37. The predicted octanol–water partition coefficient (Wildman–Crippen LogP) is 4.35. The largest absolute Gasteiger partial charge is 0.508 e. The van der Waals surface area contributed by atoms with Crippen molar-refractivity contribution in [2.24, 2.45) is 11.3 Å². The maximum absolute atomic E-state index is 14.1. The molecule has 0 saturated heterocycles. The number of anilines is 1. The first-order valence-electron chi connectivity index (χ1n) is 16.4. The van der Waals surface area contributed by atoms with Crippen LogP contribution in [0.15, 0.2) is 57.6 Å². The van der Waals surface area contributed by atoms with Gasteiger partial charge in [0.2, 0.25) is 23.6 Å². The first-order valence-corrected chi connectivity index (χ1v) is 16.4. The number of methoxy groups -OCH3 is 1. The summed E-state index contributed by atoms with van der Waals surface area (Å²) in [7, 11) is 1.21. The zero-order valence-electron chi connectivity index (χ0n) is 28.5. The number of aliphatic hydroxyl groups is 1. The average Bonchev–Trinajstić information content (AvgIpc) is 3.85. The standard InChI is InChI=1S/C36H39N5O9/c1-17(2)26(42)30(44)38-23-14-18-11-12-24-21(13-18)36(20-9-7-8-10-22(20)39-33(36)49-24)28-25(31-37-19(15-47-31)16-48-34(45)46-6)40-32(50-28)27(35(3,4)5)41-29(23)43/h7-13,15,17,23,26-27,33,39,42H,14,16H2,1-6H3,(H,38,44)(H,41,43)/t23-,26-,27+,33+,36?/m0/s1. The van der Waals surface area contributed by atoms with Crippen molar-refractivity contribution in [3.8, 4) is 17.3 Å². The molecule has 3 aliphatic heterocycles. The first kappa shape index (κ1) is 33.1. The number of hydrogen-bond acceptors (Lipinski definition) is 12. The average molecular weight is 686 g/mol. The van der Waals surface area contributed by atoms with Crippen LogP contribution in [0.3, 0.4) is 0 Å². The smallest absolute Gasteiger partial charge is 0.469 e. The fraction of sp³-hybridized carbons (Fsp3) is 0.417. The van der Waals surface area contributed by atoms with E-state index in [0.717, 1.165) is 22.4 Å². The molecule has 4 aromatic rings. The summed E-state index contributed by atoms with van der Waals surface area (Å²) in [5, 5.41) is 19.9. The number of benzene rings is 2. The summed E-state index contributed by atoms with van der Waals surface area (Å²) < 4.78 is 29.1. The normalized spacial score (nSPS) is 22.6. The summed E-state index contributed by atoms with van der Waals surface area (Å²) in [6.45, 7) is 9.05. The summed E-state index contributed by atoms with van der Waals surface area (Å²) in [4.78, 5) is 48.5. The molecule has 0 aliphatic carbocycles. The number of amides is 2. The second-order valence-electron chi connectivity index (χ2n) is 14.2. The number of rotatable bonds is 6. The molecule has 5 atom stereocenters. The minimum atomic E-state index is -1.30. The molecule has 4 bridgehead atoms. The van der Waals surface area contributed by atoms with E-state index in [1.807, 2.05) is 63.2 Å². The Balaban J connectivity index is 1.45. The van der Waals surface area contributed by atoms with E-state index in [9.17, 15) is 19.5 Å². The van der Waals surface area contributed by atoms with E-state index < -0.39 is 53.2 Å². The lowest BCUT2D eigenvalue weighted by atomic mass is 9.72. The Labute approximate surface area is 287 Å². The van der Waals surface area contributed by atoms with E-state index in [1.165, 1.54) is 13.4 Å². The third-order valence-corrected chi connectivity index (χ3v) is 9.38. The number of ether oxygens (including phenoxy) is 3. The number of nitrogens with one attached hydrogen (secondary N) is 3. The van der Waals surface area contributed by atoms with Crippen LogP contribution in [-0.2, 0) is 37.5 Å². The fourth-order valence-electron chi connectivity index (χ4n) is 6.80. The molecule has 1 unspecified atom stereocenters. The van der Waals surface area contributed by atoms with Crippen LogP contribution in [0, 0.1) is 11.3 Å². The number of hydrogen-bond donors (Lipinski definition) is 4. The van der Waals surface area contributed by atoms with Gasteiger partial charge in [-0.2, -0.15) is 0 Å². The minimum Gasteiger partial charge on any atom is -0.469 e. The van der Waals surface area contributed by atoms with Crippen LogP contribution in [-0.4, -0.2) is 58.5 Å². The SMILES string of the molecule is COC(=O)OCc1coc(-c2nc3oc2C24c5ccccc5N[C@@H]2Oc2ccc(cc24)C[C@H](NC(=O)[C@@H](O)C(C)C)C(=O)N[C@H]3C(C)(C)C)n1. The van der Waals surface area contributed by atoms with Gasteiger partial charge in [0.1, 0.15) is 47.9 Å². The van der Waals surface area contributed by atoms with Gasteiger partial charge in [-0.3, -0.25) is 9.59 Å². The Bertz CT molecular complexity index is 1980. The summed E-state index contributed by atoms with van der Waals surface area (Å²) >= 11 is 0. The quantitative estimate of drug-likeness (QED) is 0.211. The van der Waals surface area contributed by atoms with Gasteiger partial charge < -0.3 is 44.1 Å². The van der Waals surface area contributed by atoms with Crippen molar-refractivity contribution >= 4 is 23.7 Å². The molecule has 2 aromatic carbocycles. The van der Waals surface area contributed by atoms with Gasteiger partial charge in [-0.15, -0.1) is 0 Å². The number of oxazole rings is 2. The van der Waals surface area contributed by atoms with Crippen molar-refractivity contribution in [1.82, 2.24) is 20.6 Å². The molecule has 3 aliphatic rings. The number of aromatic nitrogens is 2. The molecule has 0 saturated carbocycles. The van der Waals surface area contributed by atoms with Crippen molar-refractivity contribution in [2.45, 2.75) is 77.5 Å². The van der Waals surface area contributed by atoms with Gasteiger partial charge in [-0.05, 0) is 34.6 Å². The highest BCUT2D eigenvalue weighted by molar-refractivity contribution is 5.90. The van der Waals surface area contributed by atoms with E-state index in [4.69, 9.17) is 23.3 Å². The van der Waals surface area contributed by atoms with E-state index in [0.29, 0.717) is 17.2 Å². The van der Waals surface area contributed by atoms with Crippen LogP contribution >= 0.6 is 0 Å². The Kier molecular flexibility index (Phi) is 8.08. The summed E-state index contributed by atoms with van der Waals surface area (Å²) in [6, 6.07) is 11.6. The topological polar surface area (TPSA) is 187 Å². The Morgan fingerprint density at radius 2 is 1.90 bits per heavy atom. The van der Waals surface area contributed by atoms with Gasteiger partial charge >= 0.3 is 6.16 Å². The lowest BCUT2D eigenvalue weighted by Gasteiger charge is -2.32. The van der Waals surface area contributed by atoms with Crippen molar-refractivity contribution in [3.63, 3.8) is 0 Å². The van der Waals surface area contributed by atoms with Gasteiger partial charge in [0.25, 0.3) is 0 Å². The molecule has 1 spiro atoms. The molecular formula is C36H39N5O9. The molecule has 50 heavy (non-hydrogen) atoms. The van der Waals surface area contributed by atoms with Gasteiger partial charge in [0, 0.05) is 17.7 Å². The van der Waals surface area contributed by atoms with Crippen LogP contribution in [0.5, 0.6) is 5.75 Å². The van der Waals surface area contributed by atoms with Gasteiger partial charge in [0.05, 0.1) is 7.11 Å². The van der Waals surface area contributed by atoms with Crippen molar-refractivity contribution in [2.75, 3.05) is 12.4 Å². The monoisotopic (exact) mass is 685 g/mol. The molecule has 14 heteroatoms. The van der Waals surface area contributed by atoms with Crippen molar-refractivity contribution < 1.29 is 42.5 Å². The lowest BCUT2D eigenvalue weighted by Crippen LogP contribution is -2.53. The van der Waals surface area contributed by atoms with E-state index in [2.05, 4.69) is 25.7 Å². The van der Waals surface area contributed by atoms with Crippen LogP contribution < -0.4 is 20.7 Å². The van der Waals surface area contributed by atoms with Gasteiger partial charge in [-0.25, -0.2) is 14.8 Å². The van der Waals surface area contributed by atoms with E-state index in [-0.39, 0.29) is 36.4 Å². The number of nitrogens with zero attached hydrogens (tertiary/aromatic N) is 2. The summed E-state index contributed by atoms with van der Waals surface area (Å²) in [6.07, 6.45) is -1.34. The molecular weight excluding hydrogens is 646 g/mol. The number of fused-ring (bicyclic) bond motifs is 4. The number of aliphatic hydroxyl groups excluding tert-OH is 1. The van der Waals surface area contributed by atoms with Gasteiger partial charge in [-0.1, -0.05) is 65.0 Å². The molecule has 0 radical (unpaired) electrons. The highest BCUT2D eigenvalue weighted by Gasteiger charge is 2.61. The first-order chi connectivity index (χ1) is 23.8. The molecule has 2 aromatic heterocycles. The highest BCUT2D eigenvalue weighted by Crippen LogP contribution is 2.59. The molecule has 14 nitrogen and oxygen atoms in total. The third kappa shape index (κ3) is 5.43. The highest BCUT2D eigenvalue weighted by atomic mass is 16.7. The lowest BCUT2D eigenvalue weighted by molar-refractivity contribution is -0.136. The number of carbonyl (C=O) groups excluding carboxylic acids is 3. The maximum atomic E-state index is 14.1. The number of carbonyl (C=O) groups is 3. The second kappa shape index (κ2) is 12.2. The van der Waals surface area contributed by atoms with Gasteiger partial charge in [0.15, 0.2) is 17.7 Å². The fourth-order valence-corrected chi connectivity index (χ4v) is 6.80. The summed E-state index contributed by atoms with van der Waals surface area (Å²) in [5.41, 5.74) is 2.02. The number of para-hydroxylation sites is 1. The van der Waals surface area contributed by atoms with E-state index >= 15 is 0 Å². The van der Waals surface area contributed by atoms with Crippen LogP contribution in [0.4, 0.5) is 10.5 Å². The molecule has 262 valence electrons. The summed E-state index contributed by atoms with van der Waals surface area (Å²) in [5.74, 6) is -0.241. The zero-order chi connectivity index (χ0) is 35.5. The molecule has 7 rings (SSSR count). The predicted molar refractivity (Wildman–Crippen MR) is 177 cm³/mol. The van der Waals surface area contributed by atoms with E-state index in [1.54, 1.807) is 13.8 Å². The molecule has 5 heterocycles. The van der Waals surface area contributed by atoms with Crippen molar-refractivity contribution in [1.29, 1.82) is 0 Å². The maximum Gasteiger partial charge on any atom is 0.508 e. The zero-order valence-corrected chi connectivity index (χ0v) is 28.5. The molecule has 4 N–H and O–H groups in total. The molecule has 0 fully saturated rings. The minimum absolute atomic E-state index is 0.0993. The second-order valence-corrected chi connectivity index (χ2v) is 14.2. The Morgan fingerprint density at radius 3 is 2.64 bits per heavy atom. The molecule has 2 amide bonds. The Morgan fingerprint density at radius 1 is 1.12 bits per heavy atom. The van der Waals surface area contributed by atoms with Crippen LogP contribution in [0.25, 0.3) is 11.6 Å². The van der Waals surface area contributed by atoms with Crippen LogP contribution in [0.2, 0.25) is 0 Å². The third-order valence-electron chi connectivity index (χ3n) is 9.38. The van der Waals surface area contributed by atoms with Crippen molar-refractivity contribution in [3.05, 3.63) is 82.8 Å².